The van der Waals surface area contributed by atoms with Crippen molar-refractivity contribution in [2.24, 2.45) is 0 Å². The first-order valence-electron chi connectivity index (χ1n) is 9.32. The van der Waals surface area contributed by atoms with Crippen molar-refractivity contribution in [3.8, 4) is 11.3 Å². The van der Waals surface area contributed by atoms with E-state index in [1.54, 1.807) is 19.1 Å². The molecule has 3 rings (SSSR count). The quantitative estimate of drug-likeness (QED) is 0.462. The fourth-order valence-corrected chi connectivity index (χ4v) is 3.14. The molecule has 1 heterocycles. The molecule has 1 aromatic heterocycles. The molecule has 0 atom stereocenters. The van der Waals surface area contributed by atoms with Crippen LogP contribution in [0.5, 0.6) is 0 Å². The third-order valence-corrected chi connectivity index (χ3v) is 4.67. The Morgan fingerprint density at radius 1 is 1.17 bits per heavy atom. The number of nitrogens with one attached hydrogen (secondary N) is 1. The van der Waals surface area contributed by atoms with Crippen molar-refractivity contribution in [2.45, 2.75) is 20.8 Å². The number of anilines is 2. The third-order valence-electron chi connectivity index (χ3n) is 4.67. The minimum Gasteiger partial charge on any atom is -0.372 e. The van der Waals surface area contributed by atoms with Crippen molar-refractivity contribution in [1.82, 2.24) is 5.16 Å². The number of aryl methyl sites for hydroxylation is 1. The highest BCUT2D eigenvalue weighted by Gasteiger charge is 2.23. The summed E-state index contributed by atoms with van der Waals surface area (Å²) in [6.45, 7) is 7.60. The second kappa shape index (κ2) is 8.55. The van der Waals surface area contributed by atoms with Gasteiger partial charge in [-0.05, 0) is 45.0 Å². The largest absolute Gasteiger partial charge is 0.372 e. The van der Waals surface area contributed by atoms with Crippen molar-refractivity contribution >= 4 is 23.0 Å². The number of hydrogen-bond donors (Lipinski definition) is 1. The van der Waals surface area contributed by atoms with E-state index < -0.39 is 4.92 Å². The normalized spacial score (nSPS) is 10.6. The molecular weight excluding hydrogens is 372 g/mol. The van der Waals surface area contributed by atoms with Crippen LogP contribution in [0.15, 0.2) is 53.1 Å². The minimum absolute atomic E-state index is 0.0819. The molecule has 0 saturated heterocycles. The zero-order chi connectivity index (χ0) is 21.0. The maximum atomic E-state index is 12.9. The summed E-state index contributed by atoms with van der Waals surface area (Å²) in [5.41, 5.74) is 2.59. The summed E-state index contributed by atoms with van der Waals surface area (Å²) in [6, 6.07) is 13.5. The second-order valence-electron chi connectivity index (χ2n) is 6.44. The van der Waals surface area contributed by atoms with Crippen LogP contribution in [0, 0.1) is 17.0 Å². The Kier molecular flexibility index (Phi) is 5.92. The van der Waals surface area contributed by atoms with Crippen LogP contribution in [0.25, 0.3) is 11.3 Å². The van der Waals surface area contributed by atoms with Gasteiger partial charge in [0.25, 0.3) is 11.6 Å². The highest BCUT2D eigenvalue weighted by Crippen LogP contribution is 2.29. The maximum Gasteiger partial charge on any atom is 0.270 e. The molecule has 0 spiro atoms. The molecule has 150 valence electrons. The van der Waals surface area contributed by atoms with Gasteiger partial charge < -0.3 is 14.7 Å². The van der Waals surface area contributed by atoms with E-state index in [1.807, 2.05) is 24.3 Å². The Hall–Kier alpha value is -3.68. The molecular formula is C21H22N4O4. The first-order chi connectivity index (χ1) is 13.9. The van der Waals surface area contributed by atoms with Gasteiger partial charge in [-0.3, -0.25) is 14.9 Å². The number of carbonyl (C=O) groups is 1. The lowest BCUT2D eigenvalue weighted by atomic mass is 10.0. The molecule has 0 fully saturated rings. The number of rotatable bonds is 7. The molecule has 3 aromatic rings. The van der Waals surface area contributed by atoms with Crippen LogP contribution >= 0.6 is 0 Å². The van der Waals surface area contributed by atoms with E-state index >= 15 is 0 Å². The number of amides is 1. The molecule has 8 heteroatoms. The van der Waals surface area contributed by atoms with E-state index in [2.05, 4.69) is 29.2 Å². The fraction of sp³-hybridized carbons (Fsp3) is 0.238. The number of carbonyl (C=O) groups excluding carboxylic acids is 1. The van der Waals surface area contributed by atoms with Gasteiger partial charge in [-0.2, -0.15) is 0 Å². The van der Waals surface area contributed by atoms with Crippen LogP contribution in [-0.4, -0.2) is 29.1 Å². The van der Waals surface area contributed by atoms with Gasteiger partial charge in [0.05, 0.1) is 4.92 Å². The van der Waals surface area contributed by atoms with E-state index in [0.29, 0.717) is 17.0 Å². The van der Waals surface area contributed by atoms with Gasteiger partial charge in [0.15, 0.2) is 0 Å². The summed E-state index contributed by atoms with van der Waals surface area (Å²) in [4.78, 5) is 25.6. The van der Waals surface area contributed by atoms with Crippen LogP contribution in [0.1, 0.15) is 30.0 Å². The van der Waals surface area contributed by atoms with E-state index in [9.17, 15) is 14.9 Å². The summed E-state index contributed by atoms with van der Waals surface area (Å²) >= 11 is 0. The van der Waals surface area contributed by atoms with Crippen LogP contribution < -0.4 is 10.2 Å². The molecule has 1 amide bonds. The van der Waals surface area contributed by atoms with Gasteiger partial charge in [-0.25, -0.2) is 0 Å². The van der Waals surface area contributed by atoms with Crippen LogP contribution in [0.2, 0.25) is 0 Å². The van der Waals surface area contributed by atoms with Crippen molar-refractivity contribution in [2.75, 3.05) is 23.3 Å². The zero-order valence-corrected chi connectivity index (χ0v) is 16.5. The molecule has 0 radical (unpaired) electrons. The molecule has 0 bridgehead atoms. The Morgan fingerprint density at radius 3 is 2.48 bits per heavy atom. The Bertz CT molecular complexity index is 1020. The first kappa shape index (κ1) is 20.1. The highest BCUT2D eigenvalue weighted by molar-refractivity contribution is 6.08. The van der Waals surface area contributed by atoms with Crippen molar-refractivity contribution in [3.05, 3.63) is 70.0 Å². The first-order valence-corrected chi connectivity index (χ1v) is 9.32. The lowest BCUT2D eigenvalue weighted by Crippen LogP contribution is -2.21. The van der Waals surface area contributed by atoms with E-state index in [4.69, 9.17) is 4.52 Å². The average molecular weight is 394 g/mol. The van der Waals surface area contributed by atoms with Gasteiger partial charge in [0.1, 0.15) is 17.0 Å². The Balaban J connectivity index is 1.86. The molecule has 2 aromatic carbocycles. The summed E-state index contributed by atoms with van der Waals surface area (Å²) in [7, 11) is 0. The molecule has 29 heavy (non-hydrogen) atoms. The molecule has 8 nitrogen and oxygen atoms in total. The van der Waals surface area contributed by atoms with Crippen molar-refractivity contribution in [1.29, 1.82) is 0 Å². The Labute approximate surface area is 168 Å². The number of nitro benzene ring substituents is 1. The number of aromatic nitrogens is 1. The summed E-state index contributed by atoms with van der Waals surface area (Å²) < 4.78 is 5.20. The number of benzene rings is 2. The topological polar surface area (TPSA) is 102 Å². The van der Waals surface area contributed by atoms with E-state index in [1.165, 1.54) is 12.1 Å². The molecule has 0 aliphatic carbocycles. The van der Waals surface area contributed by atoms with Gasteiger partial charge in [0, 0.05) is 42.2 Å². The zero-order valence-electron chi connectivity index (χ0n) is 16.5. The standard InChI is InChI=1S/C21H22N4O4/c1-4-24(5-2)17-11-9-16(10-12-17)22-21(26)19-14(3)29-23-20(19)15-7-6-8-18(13-15)25(27)28/h6-13H,4-5H2,1-3H3,(H,22,26). The smallest absolute Gasteiger partial charge is 0.270 e. The van der Waals surface area contributed by atoms with Gasteiger partial charge in [-0.15, -0.1) is 0 Å². The Morgan fingerprint density at radius 2 is 1.86 bits per heavy atom. The average Bonchev–Trinajstić information content (AvgIpc) is 3.12. The molecule has 0 saturated carbocycles. The van der Waals surface area contributed by atoms with Crippen LogP contribution in [0.4, 0.5) is 17.1 Å². The van der Waals surface area contributed by atoms with Crippen molar-refractivity contribution in [3.63, 3.8) is 0 Å². The predicted octanol–water partition coefficient (Wildman–Crippen LogP) is 4.66. The predicted molar refractivity (Wildman–Crippen MR) is 111 cm³/mol. The number of nitrogens with zero attached hydrogens (tertiary/aromatic N) is 3. The maximum absolute atomic E-state index is 12.9. The van der Waals surface area contributed by atoms with Gasteiger partial charge >= 0.3 is 0 Å². The second-order valence-corrected chi connectivity index (χ2v) is 6.44. The SMILES string of the molecule is CCN(CC)c1ccc(NC(=O)c2c(-c3cccc([N+](=O)[O-])c3)noc2C)cc1. The van der Waals surface area contributed by atoms with E-state index in [0.717, 1.165) is 18.8 Å². The lowest BCUT2D eigenvalue weighted by Gasteiger charge is -2.21. The molecule has 0 unspecified atom stereocenters. The summed E-state index contributed by atoms with van der Waals surface area (Å²) in [6.07, 6.45) is 0. The van der Waals surface area contributed by atoms with E-state index in [-0.39, 0.29) is 22.9 Å². The number of hydrogen-bond acceptors (Lipinski definition) is 6. The fourth-order valence-electron chi connectivity index (χ4n) is 3.14. The van der Waals surface area contributed by atoms with Crippen LogP contribution in [0.3, 0.4) is 0 Å². The molecule has 0 aliphatic rings. The lowest BCUT2D eigenvalue weighted by molar-refractivity contribution is -0.384. The number of non-ortho nitro benzene ring substituents is 1. The molecule has 1 N–H and O–H groups in total. The number of nitro groups is 1. The monoisotopic (exact) mass is 394 g/mol. The van der Waals surface area contributed by atoms with Gasteiger partial charge in [-0.1, -0.05) is 17.3 Å². The highest BCUT2D eigenvalue weighted by atomic mass is 16.6. The molecule has 0 aliphatic heterocycles. The van der Waals surface area contributed by atoms with Gasteiger partial charge in [0.2, 0.25) is 0 Å². The summed E-state index contributed by atoms with van der Waals surface area (Å²) in [5, 5.41) is 17.8. The van der Waals surface area contributed by atoms with Crippen LogP contribution in [-0.2, 0) is 0 Å². The summed E-state index contributed by atoms with van der Waals surface area (Å²) in [5.74, 6) is -0.0513. The third kappa shape index (κ3) is 4.26. The minimum atomic E-state index is -0.492. The van der Waals surface area contributed by atoms with Crippen molar-refractivity contribution < 1.29 is 14.2 Å².